The molecule has 0 aromatic carbocycles. The molecule has 14 nitrogen and oxygen atoms in total. The summed E-state index contributed by atoms with van der Waals surface area (Å²) in [5, 5.41) is 60.1. The van der Waals surface area contributed by atoms with E-state index in [4.69, 9.17) is 0 Å². The van der Waals surface area contributed by atoms with Gasteiger partial charge >= 0.3 is 0 Å². The molecule has 0 rings (SSSR count). The van der Waals surface area contributed by atoms with Gasteiger partial charge in [-0.25, -0.2) is 33.7 Å². The number of rotatable bonds is 9. The molecule has 0 fully saturated rings. The summed E-state index contributed by atoms with van der Waals surface area (Å²) < 4.78 is 93.5. The van der Waals surface area contributed by atoms with Crippen LogP contribution >= 0.6 is 0 Å². The van der Waals surface area contributed by atoms with Crippen molar-refractivity contribution >= 4 is 39.3 Å². The Labute approximate surface area is 161 Å². The Balaban J connectivity index is 6.99. The van der Waals surface area contributed by atoms with Crippen molar-refractivity contribution in [2.24, 2.45) is 0 Å². The van der Waals surface area contributed by atoms with Crippen LogP contribution < -0.4 is 0 Å². The number of hydrogen-bond acceptors (Lipinski definition) is 14. The number of hydrogen-bond donors (Lipinski definition) is 6. The molecule has 0 spiro atoms. The summed E-state index contributed by atoms with van der Waals surface area (Å²) >= 11 is 0. The Hall–Kier alpha value is -0.440. The maximum atomic E-state index is 11.9. The van der Waals surface area contributed by atoms with Gasteiger partial charge in [0.15, 0.2) is 39.3 Å². The lowest BCUT2D eigenvalue weighted by molar-refractivity contribution is -0.162. The molecule has 0 aliphatic carbocycles. The van der Waals surface area contributed by atoms with E-state index in [1.807, 2.05) is 0 Å². The van der Waals surface area contributed by atoms with Gasteiger partial charge in [-0.05, 0) is 0 Å². The molecule has 28 heavy (non-hydrogen) atoms. The first kappa shape index (κ1) is 27.6. The molecule has 0 aliphatic rings. The van der Waals surface area contributed by atoms with E-state index in [1.165, 1.54) is 0 Å². The van der Waals surface area contributed by atoms with E-state index in [0.717, 1.165) is 0 Å². The molecular formula is C10H22O14S4. The van der Waals surface area contributed by atoms with Crippen molar-refractivity contribution in [1.82, 2.24) is 0 Å². The minimum atomic E-state index is -5.28. The third kappa shape index (κ3) is 4.65. The Morgan fingerprint density at radius 3 is 0.821 bits per heavy atom. The quantitative estimate of drug-likeness (QED) is 0.174. The van der Waals surface area contributed by atoms with Crippen LogP contribution in [-0.2, 0) is 39.3 Å². The smallest absolute Gasteiger partial charge is 0.235 e. The van der Waals surface area contributed by atoms with E-state index < -0.39 is 72.3 Å². The van der Waals surface area contributed by atoms with Crippen LogP contribution in [0.1, 0.15) is 0 Å². The maximum absolute atomic E-state index is 11.9. The van der Waals surface area contributed by atoms with E-state index in [0.29, 0.717) is 0 Å². The molecular weight excluding hydrogens is 472 g/mol. The van der Waals surface area contributed by atoms with Crippen molar-refractivity contribution < 1.29 is 64.3 Å². The van der Waals surface area contributed by atoms with Crippen LogP contribution in [0, 0.1) is 0 Å². The second kappa shape index (κ2) is 7.67. The molecule has 0 aromatic rings. The monoisotopic (exact) mass is 494 g/mol. The molecule has 0 radical (unpaired) electrons. The standard InChI is InChI=1S/C10H22O14S4/c1-25(17,18)7(13)9(15,27(3,21)22)5(11)6(12)10(16,28(4,23)24)8(14)26(2,19)20/h5-8,11-16H,1-4H3/t5-,6-,7?,8?,9+,10+/m0/s1. The third-order valence-corrected chi connectivity index (χ3v) is 9.80. The van der Waals surface area contributed by atoms with Gasteiger partial charge in [0.25, 0.3) is 0 Å². The zero-order valence-corrected chi connectivity index (χ0v) is 18.2. The topological polar surface area (TPSA) is 258 Å². The van der Waals surface area contributed by atoms with Gasteiger partial charge < -0.3 is 30.6 Å². The van der Waals surface area contributed by atoms with Crippen molar-refractivity contribution in [1.29, 1.82) is 0 Å². The van der Waals surface area contributed by atoms with Crippen molar-refractivity contribution in [2.75, 3.05) is 25.0 Å². The van der Waals surface area contributed by atoms with E-state index in [1.54, 1.807) is 0 Å². The predicted octanol–water partition coefficient (Wildman–Crippen LogP) is -6.10. The molecule has 2 unspecified atom stereocenters. The second-order valence-corrected chi connectivity index (χ2v) is 14.9. The van der Waals surface area contributed by atoms with Gasteiger partial charge in [-0.1, -0.05) is 0 Å². The van der Waals surface area contributed by atoms with E-state index in [9.17, 15) is 64.3 Å². The van der Waals surface area contributed by atoms with Crippen LogP contribution in [0.5, 0.6) is 0 Å². The van der Waals surface area contributed by atoms with Crippen molar-refractivity contribution in [2.45, 2.75) is 32.9 Å². The van der Waals surface area contributed by atoms with Crippen LogP contribution in [-0.4, -0.2) is 122 Å². The Morgan fingerprint density at radius 2 is 0.714 bits per heavy atom. The molecule has 18 heteroatoms. The van der Waals surface area contributed by atoms with Gasteiger partial charge in [-0.3, -0.25) is 0 Å². The highest BCUT2D eigenvalue weighted by Crippen LogP contribution is 2.35. The molecule has 0 saturated heterocycles. The predicted molar refractivity (Wildman–Crippen MR) is 93.3 cm³/mol. The van der Waals surface area contributed by atoms with Crippen LogP contribution in [0.25, 0.3) is 0 Å². The fourth-order valence-electron chi connectivity index (χ4n) is 2.16. The molecule has 0 amide bonds. The molecule has 0 heterocycles. The van der Waals surface area contributed by atoms with E-state index in [2.05, 4.69) is 0 Å². The Morgan fingerprint density at radius 1 is 0.536 bits per heavy atom. The van der Waals surface area contributed by atoms with E-state index >= 15 is 0 Å². The molecule has 0 aliphatic heterocycles. The highest BCUT2D eigenvalue weighted by molar-refractivity contribution is 7.96. The minimum Gasteiger partial charge on any atom is -0.386 e. The number of sulfone groups is 4. The molecule has 0 bridgehead atoms. The first-order chi connectivity index (χ1) is 11.9. The molecule has 0 aromatic heterocycles. The summed E-state index contributed by atoms with van der Waals surface area (Å²) in [6, 6.07) is 0. The second-order valence-electron chi connectivity index (χ2n) is 6.30. The zero-order chi connectivity index (χ0) is 23.3. The van der Waals surface area contributed by atoms with E-state index in [-0.39, 0.29) is 25.0 Å². The molecule has 0 saturated carbocycles. The van der Waals surface area contributed by atoms with Crippen LogP contribution in [0.3, 0.4) is 0 Å². The van der Waals surface area contributed by atoms with Crippen LogP contribution in [0.4, 0.5) is 0 Å². The number of aliphatic hydroxyl groups is 6. The summed E-state index contributed by atoms with van der Waals surface area (Å²) in [5.74, 6) is 0. The fourth-order valence-corrected chi connectivity index (χ4v) is 7.63. The lowest BCUT2D eigenvalue weighted by atomic mass is 10.0. The third-order valence-electron chi connectivity index (χ3n) is 3.85. The van der Waals surface area contributed by atoms with Crippen molar-refractivity contribution in [3.8, 4) is 0 Å². The van der Waals surface area contributed by atoms with Gasteiger partial charge in [-0.15, -0.1) is 0 Å². The Kier molecular flexibility index (Phi) is 7.55. The summed E-state index contributed by atoms with van der Waals surface area (Å²) in [6.07, 6.45) is -6.48. The zero-order valence-electron chi connectivity index (χ0n) is 14.9. The van der Waals surface area contributed by atoms with Gasteiger partial charge in [0, 0.05) is 25.0 Å². The maximum Gasteiger partial charge on any atom is 0.235 e. The van der Waals surface area contributed by atoms with Crippen LogP contribution in [0.15, 0.2) is 0 Å². The summed E-state index contributed by atoms with van der Waals surface area (Å²) in [4.78, 5) is -8.48. The normalized spacial score (nSPS) is 23.1. The van der Waals surface area contributed by atoms with Crippen molar-refractivity contribution in [3.63, 3.8) is 0 Å². The summed E-state index contributed by atoms with van der Waals surface area (Å²) in [5.41, 5.74) is -6.75. The molecule has 6 atom stereocenters. The average molecular weight is 495 g/mol. The Bertz CT molecular complexity index is 926. The molecule has 6 N–H and O–H groups in total. The van der Waals surface area contributed by atoms with Gasteiger partial charge in [-0.2, -0.15) is 0 Å². The first-order valence-electron chi connectivity index (χ1n) is 6.81. The number of aliphatic hydroxyl groups excluding tert-OH is 4. The summed E-state index contributed by atoms with van der Waals surface area (Å²) in [7, 11) is -20.4. The largest absolute Gasteiger partial charge is 0.386 e. The van der Waals surface area contributed by atoms with Gasteiger partial charge in [0.05, 0.1) is 0 Å². The van der Waals surface area contributed by atoms with Crippen molar-refractivity contribution in [3.05, 3.63) is 0 Å². The SMILES string of the molecule is CS(=O)(=O)C(O)[C@@](O)([C@@H](O)[C@H](O)[C@](O)(C(O)S(C)(=O)=O)S(C)(=O)=O)S(C)(=O)=O. The highest BCUT2D eigenvalue weighted by atomic mass is 32.2. The lowest BCUT2D eigenvalue weighted by Gasteiger charge is -2.42. The fraction of sp³-hybridized carbons (Fsp3) is 1.00. The minimum absolute atomic E-state index is 0.0871. The van der Waals surface area contributed by atoms with Crippen LogP contribution in [0.2, 0.25) is 0 Å². The molecule has 170 valence electrons. The van der Waals surface area contributed by atoms with Gasteiger partial charge in [0.2, 0.25) is 20.7 Å². The average Bonchev–Trinajstić information content (AvgIpc) is 2.46. The van der Waals surface area contributed by atoms with Gasteiger partial charge in [0.1, 0.15) is 12.2 Å². The highest BCUT2D eigenvalue weighted by Gasteiger charge is 2.66. The first-order valence-corrected chi connectivity index (χ1v) is 14.5. The summed E-state index contributed by atoms with van der Waals surface area (Å²) in [6.45, 7) is 0. The lowest BCUT2D eigenvalue weighted by Crippen LogP contribution is -2.71.